The number of alkyl halides is 3. The van der Waals surface area contributed by atoms with Crippen molar-refractivity contribution in [3.8, 4) is 5.75 Å². The zero-order valence-electron chi connectivity index (χ0n) is 15.6. The Labute approximate surface area is 167 Å². The summed E-state index contributed by atoms with van der Waals surface area (Å²) in [5.74, 6) is 1.20. The summed E-state index contributed by atoms with van der Waals surface area (Å²) in [5.41, 5.74) is 1.25. The number of rotatable bonds is 9. The van der Waals surface area contributed by atoms with Crippen LogP contribution in [0.2, 0.25) is 0 Å². The molecule has 2 heterocycles. The molecule has 0 bridgehead atoms. The minimum atomic E-state index is -4.38. The maximum absolute atomic E-state index is 12.5. The van der Waals surface area contributed by atoms with E-state index in [-0.39, 0.29) is 0 Å². The predicted molar refractivity (Wildman–Crippen MR) is 104 cm³/mol. The second-order valence-corrected chi connectivity index (χ2v) is 6.29. The average molecular weight is 402 g/mol. The molecule has 0 spiro atoms. The Hall–Kier alpha value is -3.13. The van der Waals surface area contributed by atoms with Gasteiger partial charge in [-0.25, -0.2) is 4.98 Å². The maximum atomic E-state index is 12.5. The Morgan fingerprint density at radius 3 is 2.52 bits per heavy atom. The van der Waals surface area contributed by atoms with E-state index in [9.17, 15) is 13.2 Å². The highest BCUT2D eigenvalue weighted by Crippen LogP contribution is 2.28. The Kier molecular flexibility index (Phi) is 7.02. The Morgan fingerprint density at radius 1 is 0.931 bits per heavy atom. The van der Waals surface area contributed by atoms with Crippen LogP contribution >= 0.6 is 0 Å². The van der Waals surface area contributed by atoms with Gasteiger partial charge in [0.1, 0.15) is 18.2 Å². The smallest absolute Gasteiger partial charge is 0.417 e. The molecule has 0 aliphatic rings. The van der Waals surface area contributed by atoms with Crippen molar-refractivity contribution >= 4 is 5.82 Å². The van der Waals surface area contributed by atoms with Gasteiger partial charge in [0, 0.05) is 49.4 Å². The van der Waals surface area contributed by atoms with Gasteiger partial charge < -0.3 is 15.4 Å². The molecule has 29 heavy (non-hydrogen) atoms. The van der Waals surface area contributed by atoms with Gasteiger partial charge in [-0.05, 0) is 24.3 Å². The lowest BCUT2D eigenvalue weighted by Crippen LogP contribution is -2.22. The molecule has 152 valence electrons. The molecule has 5 nitrogen and oxygen atoms in total. The zero-order chi connectivity index (χ0) is 20.5. The van der Waals surface area contributed by atoms with Crippen LogP contribution in [-0.2, 0) is 19.3 Å². The highest BCUT2D eigenvalue weighted by atomic mass is 19.4. The van der Waals surface area contributed by atoms with Gasteiger partial charge in [0.05, 0.1) is 5.56 Å². The molecular weight excluding hydrogens is 381 g/mol. The van der Waals surface area contributed by atoms with Crippen molar-refractivity contribution in [2.75, 3.05) is 18.4 Å². The summed E-state index contributed by atoms with van der Waals surface area (Å²) in [4.78, 5) is 7.86. The SMILES string of the molecule is FC(F)(F)c1ccc(NCCNCc2ccccc2OCc2cccnc2)nc1. The third-order valence-electron chi connectivity index (χ3n) is 4.10. The minimum Gasteiger partial charge on any atom is -0.489 e. The van der Waals surface area contributed by atoms with Gasteiger partial charge in [-0.3, -0.25) is 4.98 Å². The number of nitrogens with one attached hydrogen (secondary N) is 2. The van der Waals surface area contributed by atoms with Crippen molar-refractivity contribution in [1.29, 1.82) is 0 Å². The van der Waals surface area contributed by atoms with Gasteiger partial charge in [-0.15, -0.1) is 0 Å². The van der Waals surface area contributed by atoms with Crippen LogP contribution in [0.5, 0.6) is 5.75 Å². The lowest BCUT2D eigenvalue weighted by Gasteiger charge is -2.13. The number of anilines is 1. The standard InChI is InChI=1S/C21H21F3N4O/c22-21(23,24)18-7-8-20(28-14-18)27-11-10-26-13-17-5-1-2-6-19(17)29-15-16-4-3-9-25-12-16/h1-9,12,14,26H,10-11,13,15H2,(H,27,28). The number of pyridine rings is 2. The molecule has 0 saturated carbocycles. The summed E-state index contributed by atoms with van der Waals surface area (Å²) in [7, 11) is 0. The van der Waals surface area contributed by atoms with E-state index in [1.165, 1.54) is 6.07 Å². The normalized spacial score (nSPS) is 11.3. The van der Waals surface area contributed by atoms with Crippen molar-refractivity contribution in [1.82, 2.24) is 15.3 Å². The molecule has 2 N–H and O–H groups in total. The van der Waals surface area contributed by atoms with Crippen LogP contribution in [0.1, 0.15) is 16.7 Å². The van der Waals surface area contributed by atoms with Crippen LogP contribution < -0.4 is 15.4 Å². The maximum Gasteiger partial charge on any atom is 0.417 e. The first kappa shape index (κ1) is 20.6. The van der Waals surface area contributed by atoms with E-state index in [1.807, 2.05) is 36.4 Å². The van der Waals surface area contributed by atoms with Gasteiger partial charge >= 0.3 is 6.18 Å². The molecule has 0 amide bonds. The summed E-state index contributed by atoms with van der Waals surface area (Å²) in [5, 5.41) is 6.28. The number of nitrogens with zero attached hydrogens (tertiary/aromatic N) is 2. The lowest BCUT2D eigenvalue weighted by atomic mass is 10.2. The molecular formula is C21H21F3N4O. The predicted octanol–water partition coefficient (Wildman–Crippen LogP) is 4.28. The number of hydrogen-bond acceptors (Lipinski definition) is 5. The Morgan fingerprint density at radius 2 is 1.79 bits per heavy atom. The van der Waals surface area contributed by atoms with Crippen LogP contribution in [0.25, 0.3) is 0 Å². The summed E-state index contributed by atoms with van der Waals surface area (Å²) in [6.45, 7) is 2.17. The van der Waals surface area contributed by atoms with E-state index in [0.29, 0.717) is 32.1 Å². The van der Waals surface area contributed by atoms with Crippen LogP contribution in [0.3, 0.4) is 0 Å². The van der Waals surface area contributed by atoms with Gasteiger partial charge in [0.25, 0.3) is 0 Å². The quantitative estimate of drug-likeness (QED) is 0.524. The van der Waals surface area contributed by atoms with E-state index in [0.717, 1.165) is 29.1 Å². The minimum absolute atomic E-state index is 0.403. The molecule has 0 atom stereocenters. The Balaban J connectivity index is 1.42. The topological polar surface area (TPSA) is 59.1 Å². The van der Waals surface area contributed by atoms with Crippen molar-refractivity contribution in [2.45, 2.75) is 19.3 Å². The molecule has 2 aromatic heterocycles. The number of aromatic nitrogens is 2. The third kappa shape index (κ3) is 6.46. The van der Waals surface area contributed by atoms with Gasteiger partial charge in [0.15, 0.2) is 0 Å². The van der Waals surface area contributed by atoms with Crippen molar-refractivity contribution in [2.24, 2.45) is 0 Å². The first-order valence-corrected chi connectivity index (χ1v) is 9.10. The van der Waals surface area contributed by atoms with Crippen LogP contribution in [0, 0.1) is 0 Å². The average Bonchev–Trinajstić information content (AvgIpc) is 2.73. The summed E-state index contributed by atoms with van der Waals surface area (Å²) < 4.78 is 43.5. The van der Waals surface area contributed by atoms with Crippen molar-refractivity contribution < 1.29 is 17.9 Å². The first-order valence-electron chi connectivity index (χ1n) is 9.10. The molecule has 0 saturated heterocycles. The fourth-order valence-corrected chi connectivity index (χ4v) is 2.60. The second-order valence-electron chi connectivity index (χ2n) is 6.29. The molecule has 3 rings (SSSR count). The van der Waals surface area contributed by atoms with Crippen LogP contribution in [0.15, 0.2) is 67.1 Å². The largest absolute Gasteiger partial charge is 0.489 e. The van der Waals surface area contributed by atoms with E-state index < -0.39 is 11.7 Å². The molecule has 8 heteroatoms. The number of benzene rings is 1. The number of ether oxygens (including phenoxy) is 1. The molecule has 0 fully saturated rings. The summed E-state index contributed by atoms with van der Waals surface area (Å²) in [6, 6.07) is 13.9. The van der Waals surface area contributed by atoms with Crippen molar-refractivity contribution in [3.63, 3.8) is 0 Å². The highest BCUT2D eigenvalue weighted by Gasteiger charge is 2.30. The summed E-state index contributed by atoms with van der Waals surface area (Å²) >= 11 is 0. The Bertz CT molecular complexity index is 886. The summed E-state index contributed by atoms with van der Waals surface area (Å²) in [6.07, 6.45) is -0.0669. The fourth-order valence-electron chi connectivity index (χ4n) is 2.60. The fraction of sp³-hybridized carbons (Fsp3) is 0.238. The van der Waals surface area contributed by atoms with E-state index >= 15 is 0 Å². The zero-order valence-corrected chi connectivity index (χ0v) is 15.6. The van der Waals surface area contributed by atoms with Crippen molar-refractivity contribution in [3.05, 3.63) is 83.8 Å². The van der Waals surface area contributed by atoms with Gasteiger partial charge in [-0.1, -0.05) is 24.3 Å². The van der Waals surface area contributed by atoms with Gasteiger partial charge in [-0.2, -0.15) is 13.2 Å². The lowest BCUT2D eigenvalue weighted by molar-refractivity contribution is -0.137. The monoisotopic (exact) mass is 402 g/mol. The number of para-hydroxylation sites is 1. The molecule has 0 aliphatic carbocycles. The van der Waals surface area contributed by atoms with Crippen LogP contribution in [0.4, 0.5) is 19.0 Å². The number of hydrogen-bond donors (Lipinski definition) is 2. The van der Waals surface area contributed by atoms with E-state index in [2.05, 4.69) is 20.6 Å². The molecule has 0 unspecified atom stereocenters. The van der Waals surface area contributed by atoms with Crippen LogP contribution in [-0.4, -0.2) is 23.1 Å². The molecule has 0 radical (unpaired) electrons. The number of halogens is 3. The third-order valence-corrected chi connectivity index (χ3v) is 4.10. The first-order chi connectivity index (χ1) is 14.0. The van der Waals surface area contributed by atoms with E-state index in [4.69, 9.17) is 4.74 Å². The van der Waals surface area contributed by atoms with Gasteiger partial charge in [0.2, 0.25) is 0 Å². The molecule has 0 aliphatic heterocycles. The molecule has 1 aromatic carbocycles. The molecule has 3 aromatic rings. The second kappa shape index (κ2) is 9.88. The van der Waals surface area contributed by atoms with E-state index in [1.54, 1.807) is 12.4 Å². The highest BCUT2D eigenvalue weighted by molar-refractivity contribution is 5.36.